The molecule has 1 aliphatic heterocycles. The van der Waals surface area contributed by atoms with E-state index in [-0.39, 0.29) is 23.0 Å². The third-order valence-electron chi connectivity index (χ3n) is 4.12. The summed E-state index contributed by atoms with van der Waals surface area (Å²) in [4.78, 5) is 37.9. The summed E-state index contributed by atoms with van der Waals surface area (Å²) in [6.07, 6.45) is 1.43. The molecule has 0 radical (unpaired) electrons. The second kappa shape index (κ2) is 9.71. The molecule has 2 aromatic rings. The van der Waals surface area contributed by atoms with Crippen LogP contribution in [0.15, 0.2) is 52.5 Å². The van der Waals surface area contributed by atoms with Gasteiger partial charge in [-0.2, -0.15) is 0 Å². The zero-order valence-corrected chi connectivity index (χ0v) is 18.8. The van der Waals surface area contributed by atoms with Crippen LogP contribution >= 0.6 is 28.1 Å². The molecule has 3 amide bonds. The van der Waals surface area contributed by atoms with Crippen LogP contribution in [0.3, 0.4) is 0 Å². The summed E-state index contributed by atoms with van der Waals surface area (Å²) >= 11 is 8.56. The molecule has 160 valence electrons. The lowest BCUT2D eigenvalue weighted by Crippen LogP contribution is -2.54. The number of anilines is 1. The number of para-hydroxylation sites is 1. The van der Waals surface area contributed by atoms with E-state index in [0.29, 0.717) is 28.1 Å². The Morgan fingerprint density at radius 1 is 1.23 bits per heavy atom. The van der Waals surface area contributed by atoms with Gasteiger partial charge in [0.05, 0.1) is 16.8 Å². The summed E-state index contributed by atoms with van der Waals surface area (Å²) in [5.74, 6) is -1.19. The number of amides is 3. The van der Waals surface area contributed by atoms with Crippen LogP contribution in [0, 0.1) is 0 Å². The Kier molecular flexibility index (Phi) is 7.03. The van der Waals surface area contributed by atoms with Gasteiger partial charge in [-0.1, -0.05) is 18.2 Å². The first-order valence-corrected chi connectivity index (χ1v) is 10.4. The van der Waals surface area contributed by atoms with E-state index in [1.807, 2.05) is 6.07 Å². The van der Waals surface area contributed by atoms with Gasteiger partial charge in [0.2, 0.25) is 0 Å². The van der Waals surface area contributed by atoms with Gasteiger partial charge in [0.25, 0.3) is 17.7 Å². The van der Waals surface area contributed by atoms with Gasteiger partial charge in [0, 0.05) is 0 Å². The zero-order chi connectivity index (χ0) is 22.5. The Labute approximate surface area is 192 Å². The van der Waals surface area contributed by atoms with Crippen LogP contribution < -0.4 is 25.4 Å². The summed E-state index contributed by atoms with van der Waals surface area (Å²) < 4.78 is 11.5. The molecule has 1 fully saturated rings. The van der Waals surface area contributed by atoms with Crippen molar-refractivity contribution < 1.29 is 23.9 Å². The number of halogens is 1. The van der Waals surface area contributed by atoms with Gasteiger partial charge in [-0.3, -0.25) is 24.6 Å². The highest BCUT2D eigenvalue weighted by molar-refractivity contribution is 9.10. The maximum atomic E-state index is 13.1. The molecule has 8 nitrogen and oxygen atoms in total. The predicted molar refractivity (Wildman–Crippen MR) is 123 cm³/mol. The van der Waals surface area contributed by atoms with Crippen LogP contribution in [0.1, 0.15) is 12.5 Å². The number of nitrogens with zero attached hydrogens (tertiary/aromatic N) is 1. The van der Waals surface area contributed by atoms with E-state index >= 15 is 0 Å². The van der Waals surface area contributed by atoms with Gasteiger partial charge in [-0.25, -0.2) is 0 Å². The molecule has 31 heavy (non-hydrogen) atoms. The maximum Gasteiger partial charge on any atom is 0.270 e. The van der Waals surface area contributed by atoms with E-state index in [0.717, 1.165) is 0 Å². The first-order chi connectivity index (χ1) is 14.8. The molecule has 0 unspecified atom stereocenters. The number of nitrogens with two attached hydrogens (primary N) is 1. The minimum Gasteiger partial charge on any atom is -0.490 e. The Morgan fingerprint density at radius 2 is 1.94 bits per heavy atom. The van der Waals surface area contributed by atoms with Gasteiger partial charge in [-0.15, -0.1) is 0 Å². The fourth-order valence-corrected chi connectivity index (χ4v) is 3.71. The van der Waals surface area contributed by atoms with Gasteiger partial charge >= 0.3 is 0 Å². The van der Waals surface area contributed by atoms with E-state index in [1.165, 1.54) is 11.0 Å². The molecule has 1 aliphatic rings. The third kappa shape index (κ3) is 5.09. The van der Waals surface area contributed by atoms with Gasteiger partial charge in [-0.05, 0) is 71.0 Å². The van der Waals surface area contributed by atoms with Crippen molar-refractivity contribution in [2.45, 2.75) is 6.92 Å². The first-order valence-electron chi connectivity index (χ1n) is 9.15. The Morgan fingerprint density at radius 3 is 2.58 bits per heavy atom. The zero-order valence-electron chi connectivity index (χ0n) is 16.4. The molecular weight excluding hydrogens is 486 g/mol. The molecule has 0 saturated carbocycles. The molecule has 1 saturated heterocycles. The lowest BCUT2D eigenvalue weighted by Gasteiger charge is -2.28. The van der Waals surface area contributed by atoms with Crippen molar-refractivity contribution in [1.82, 2.24) is 5.32 Å². The van der Waals surface area contributed by atoms with Crippen LogP contribution in [0.5, 0.6) is 11.5 Å². The summed E-state index contributed by atoms with van der Waals surface area (Å²) in [5.41, 5.74) is 6.08. The number of rotatable bonds is 7. The lowest BCUT2D eigenvalue weighted by atomic mass is 10.1. The third-order valence-corrected chi connectivity index (χ3v) is 4.99. The molecule has 2 aromatic carbocycles. The largest absolute Gasteiger partial charge is 0.490 e. The average molecular weight is 504 g/mol. The van der Waals surface area contributed by atoms with Crippen molar-refractivity contribution in [3.05, 3.63) is 58.1 Å². The Hall–Kier alpha value is -3.24. The fraction of sp³-hybridized carbons (Fsp3) is 0.143. The normalized spacial score (nSPS) is 15.1. The van der Waals surface area contributed by atoms with Crippen molar-refractivity contribution >= 4 is 62.7 Å². The minimum absolute atomic E-state index is 0.00438. The quantitative estimate of drug-likeness (QED) is 0.341. The summed E-state index contributed by atoms with van der Waals surface area (Å²) in [5, 5.41) is 2.54. The van der Waals surface area contributed by atoms with E-state index in [9.17, 15) is 14.4 Å². The monoisotopic (exact) mass is 503 g/mol. The van der Waals surface area contributed by atoms with Gasteiger partial charge < -0.3 is 15.2 Å². The van der Waals surface area contributed by atoms with Crippen molar-refractivity contribution in [1.29, 1.82) is 0 Å². The number of hydrogen-bond acceptors (Lipinski definition) is 6. The van der Waals surface area contributed by atoms with Crippen LogP contribution in [-0.2, 0) is 14.4 Å². The molecule has 10 heteroatoms. The Bertz CT molecular complexity index is 1090. The summed E-state index contributed by atoms with van der Waals surface area (Å²) in [6.45, 7) is 1.78. The molecule has 3 rings (SSSR count). The van der Waals surface area contributed by atoms with Gasteiger partial charge in [0.15, 0.2) is 23.2 Å². The average Bonchev–Trinajstić information content (AvgIpc) is 2.71. The number of carbonyl (C=O) groups is 3. The van der Waals surface area contributed by atoms with Crippen LogP contribution in [-0.4, -0.2) is 36.0 Å². The Balaban J connectivity index is 2.00. The maximum absolute atomic E-state index is 13.1. The minimum atomic E-state index is -0.637. The molecule has 0 spiro atoms. The number of hydrogen-bond donors (Lipinski definition) is 2. The van der Waals surface area contributed by atoms with Crippen molar-refractivity contribution in [2.75, 3.05) is 18.1 Å². The SMILES string of the molecule is CCOc1cc(/C=C2/C(=O)NC(=S)N(c3ccccc3)C2=O)cc(Br)c1OCC(N)=O. The summed E-state index contributed by atoms with van der Waals surface area (Å²) in [7, 11) is 0. The number of ether oxygens (including phenoxy) is 2. The highest BCUT2D eigenvalue weighted by Gasteiger charge is 2.34. The molecular formula is C21H18BrN3O5S. The lowest BCUT2D eigenvalue weighted by molar-refractivity contribution is -0.122. The van der Waals surface area contributed by atoms with Crippen molar-refractivity contribution in [3.8, 4) is 11.5 Å². The van der Waals surface area contributed by atoms with E-state index < -0.39 is 17.7 Å². The summed E-state index contributed by atoms with van der Waals surface area (Å²) in [6, 6.07) is 12.0. The standard InChI is InChI=1S/C21H18BrN3O5S/c1-2-29-16-10-12(9-15(22)18(16)30-11-17(23)26)8-14-19(27)24-21(31)25(20(14)28)13-6-4-3-5-7-13/h3-10H,2,11H2,1H3,(H2,23,26)(H,24,27,31)/b14-8-. The number of carbonyl (C=O) groups excluding carboxylic acids is 3. The first kappa shape index (κ1) is 22.4. The fourth-order valence-electron chi connectivity index (χ4n) is 2.85. The molecule has 0 aliphatic carbocycles. The molecule has 0 bridgehead atoms. The second-order valence-electron chi connectivity index (χ2n) is 6.31. The number of thiocarbonyl (C=S) groups is 1. The van der Waals surface area contributed by atoms with Crippen LogP contribution in [0.25, 0.3) is 6.08 Å². The van der Waals surface area contributed by atoms with E-state index in [4.69, 9.17) is 27.4 Å². The van der Waals surface area contributed by atoms with Crippen molar-refractivity contribution in [2.24, 2.45) is 5.73 Å². The van der Waals surface area contributed by atoms with Crippen molar-refractivity contribution in [3.63, 3.8) is 0 Å². The highest BCUT2D eigenvalue weighted by atomic mass is 79.9. The van der Waals surface area contributed by atoms with Crippen LogP contribution in [0.2, 0.25) is 0 Å². The number of primary amides is 1. The number of benzene rings is 2. The molecule has 0 atom stereocenters. The van der Waals surface area contributed by atoms with Crippen LogP contribution in [0.4, 0.5) is 5.69 Å². The second-order valence-corrected chi connectivity index (χ2v) is 7.55. The predicted octanol–water partition coefficient (Wildman–Crippen LogP) is 2.54. The molecule has 3 N–H and O–H groups in total. The highest BCUT2D eigenvalue weighted by Crippen LogP contribution is 2.37. The molecule has 0 aromatic heterocycles. The number of nitrogens with one attached hydrogen (secondary N) is 1. The molecule has 1 heterocycles. The van der Waals surface area contributed by atoms with E-state index in [1.54, 1.807) is 43.3 Å². The topological polar surface area (TPSA) is 111 Å². The van der Waals surface area contributed by atoms with Gasteiger partial charge in [0.1, 0.15) is 5.57 Å². The smallest absolute Gasteiger partial charge is 0.270 e. The van der Waals surface area contributed by atoms with E-state index in [2.05, 4.69) is 21.2 Å².